The predicted octanol–water partition coefficient (Wildman–Crippen LogP) is 0.0821. The minimum atomic E-state index is -0.973. The molecule has 5 nitrogen and oxygen atoms in total. The molecule has 82 valence electrons. The number of aliphatic hydroxyl groups is 1. The summed E-state index contributed by atoms with van der Waals surface area (Å²) in [5, 5.41) is 17.1. The Morgan fingerprint density at radius 1 is 1.21 bits per heavy atom. The highest BCUT2D eigenvalue weighted by Crippen LogP contribution is 1.99. The molecule has 0 aromatic rings. The smallest absolute Gasteiger partial charge is 0.303 e. The van der Waals surface area contributed by atoms with Crippen molar-refractivity contribution in [3.63, 3.8) is 0 Å². The third-order valence-corrected chi connectivity index (χ3v) is 1.77. The van der Waals surface area contributed by atoms with Gasteiger partial charge < -0.3 is 15.1 Å². The highest BCUT2D eigenvalue weighted by Gasteiger charge is 2.12. The van der Waals surface area contributed by atoms with Crippen molar-refractivity contribution in [3.8, 4) is 0 Å². The van der Waals surface area contributed by atoms with Gasteiger partial charge in [-0.15, -0.1) is 0 Å². The molecular formula is C9H17NO4. The zero-order valence-electron chi connectivity index (χ0n) is 8.40. The average Bonchev–Trinajstić information content (AvgIpc) is 2.14. The van der Waals surface area contributed by atoms with Gasteiger partial charge in [0.2, 0.25) is 5.91 Å². The van der Waals surface area contributed by atoms with Gasteiger partial charge in [0.05, 0.1) is 13.0 Å². The highest BCUT2D eigenvalue weighted by molar-refractivity contribution is 5.80. The number of carboxylic acid groups (broad SMARTS) is 1. The first kappa shape index (κ1) is 12.9. The number of amides is 1. The number of hydrogen-bond acceptors (Lipinski definition) is 3. The van der Waals surface area contributed by atoms with E-state index in [1.54, 1.807) is 0 Å². The van der Waals surface area contributed by atoms with Crippen LogP contribution in [0.15, 0.2) is 0 Å². The summed E-state index contributed by atoms with van der Waals surface area (Å²) in [6.07, 6.45) is 0.665. The Morgan fingerprint density at radius 3 is 2.29 bits per heavy atom. The molecule has 0 rings (SSSR count). The number of hydrogen-bond donors (Lipinski definition) is 2. The van der Waals surface area contributed by atoms with E-state index in [4.69, 9.17) is 10.2 Å². The van der Waals surface area contributed by atoms with Crippen molar-refractivity contribution in [1.29, 1.82) is 0 Å². The van der Waals surface area contributed by atoms with Crippen LogP contribution in [0.4, 0.5) is 0 Å². The van der Waals surface area contributed by atoms with Crippen molar-refractivity contribution in [2.45, 2.75) is 26.2 Å². The molecule has 0 fully saturated rings. The lowest BCUT2D eigenvalue weighted by atomic mass is 10.2. The Balaban J connectivity index is 3.94. The summed E-state index contributed by atoms with van der Waals surface area (Å²) < 4.78 is 0. The van der Waals surface area contributed by atoms with E-state index >= 15 is 0 Å². The number of carbonyl (C=O) groups excluding carboxylic acids is 1. The quantitative estimate of drug-likeness (QED) is 0.614. The molecule has 0 aromatic carbocycles. The monoisotopic (exact) mass is 203 g/mol. The van der Waals surface area contributed by atoms with Crippen molar-refractivity contribution in [1.82, 2.24) is 4.90 Å². The zero-order chi connectivity index (χ0) is 11.0. The molecule has 0 aliphatic heterocycles. The van der Waals surface area contributed by atoms with Gasteiger partial charge in [0.15, 0.2) is 0 Å². The fourth-order valence-electron chi connectivity index (χ4n) is 1.12. The summed E-state index contributed by atoms with van der Waals surface area (Å²) in [7, 11) is 0. The number of carboxylic acids is 1. The first-order valence-corrected chi connectivity index (χ1v) is 4.72. The summed E-state index contributed by atoms with van der Waals surface area (Å²) >= 11 is 0. The van der Waals surface area contributed by atoms with Crippen LogP contribution in [0.25, 0.3) is 0 Å². The van der Waals surface area contributed by atoms with Crippen LogP contribution in [0.5, 0.6) is 0 Å². The fraction of sp³-hybridized carbons (Fsp3) is 0.778. The minimum absolute atomic E-state index is 0.00926. The Morgan fingerprint density at radius 2 is 1.86 bits per heavy atom. The normalized spacial score (nSPS) is 9.86. The van der Waals surface area contributed by atoms with E-state index in [1.165, 1.54) is 4.90 Å². The van der Waals surface area contributed by atoms with Crippen molar-refractivity contribution in [2.24, 2.45) is 0 Å². The average molecular weight is 203 g/mol. The summed E-state index contributed by atoms with van der Waals surface area (Å²) in [5.74, 6) is -1.18. The molecule has 0 aromatic heterocycles. The van der Waals surface area contributed by atoms with Gasteiger partial charge in [-0.05, 0) is 6.42 Å². The SMILES string of the molecule is CCCN(CCO)C(=O)CCC(=O)O. The molecule has 0 aliphatic rings. The van der Waals surface area contributed by atoms with Crippen LogP contribution in [-0.2, 0) is 9.59 Å². The maximum Gasteiger partial charge on any atom is 0.303 e. The molecule has 1 amide bonds. The van der Waals surface area contributed by atoms with Crippen molar-refractivity contribution >= 4 is 11.9 Å². The molecule has 0 heterocycles. The topological polar surface area (TPSA) is 77.8 Å². The number of carbonyl (C=O) groups is 2. The van der Waals surface area contributed by atoms with Gasteiger partial charge in [-0.25, -0.2) is 0 Å². The highest BCUT2D eigenvalue weighted by atomic mass is 16.4. The second-order valence-electron chi connectivity index (χ2n) is 3.00. The minimum Gasteiger partial charge on any atom is -0.481 e. The van der Waals surface area contributed by atoms with Gasteiger partial charge >= 0.3 is 5.97 Å². The molecule has 0 saturated heterocycles. The van der Waals surface area contributed by atoms with Crippen molar-refractivity contribution in [2.75, 3.05) is 19.7 Å². The summed E-state index contributed by atoms with van der Waals surface area (Å²) in [6, 6.07) is 0. The Hall–Kier alpha value is -1.10. The number of rotatable bonds is 7. The maximum absolute atomic E-state index is 11.4. The summed E-state index contributed by atoms with van der Waals surface area (Å²) in [6.45, 7) is 2.69. The van der Waals surface area contributed by atoms with Gasteiger partial charge in [0.1, 0.15) is 0 Å². The third-order valence-electron chi connectivity index (χ3n) is 1.77. The molecule has 5 heteroatoms. The van der Waals surface area contributed by atoms with Crippen molar-refractivity contribution < 1.29 is 19.8 Å². The first-order valence-electron chi connectivity index (χ1n) is 4.72. The largest absolute Gasteiger partial charge is 0.481 e. The molecule has 2 N–H and O–H groups in total. The third kappa shape index (κ3) is 5.53. The first-order chi connectivity index (χ1) is 6.61. The lowest BCUT2D eigenvalue weighted by Gasteiger charge is -2.20. The summed E-state index contributed by atoms with van der Waals surface area (Å²) in [5.41, 5.74) is 0. The van der Waals surface area contributed by atoms with Crippen LogP contribution in [0.1, 0.15) is 26.2 Å². The van der Waals surface area contributed by atoms with E-state index < -0.39 is 5.97 Å². The molecular weight excluding hydrogens is 186 g/mol. The second kappa shape index (κ2) is 7.32. The van der Waals surface area contributed by atoms with E-state index in [0.29, 0.717) is 6.54 Å². The molecule has 0 radical (unpaired) electrons. The lowest BCUT2D eigenvalue weighted by Crippen LogP contribution is -2.34. The standard InChI is InChI=1S/C9H17NO4/c1-2-5-10(6-7-11)8(12)3-4-9(13)14/h11H,2-7H2,1H3,(H,13,14). The van der Waals surface area contributed by atoms with E-state index in [9.17, 15) is 9.59 Å². The van der Waals surface area contributed by atoms with Gasteiger partial charge in [0.25, 0.3) is 0 Å². The lowest BCUT2D eigenvalue weighted by molar-refractivity contribution is -0.141. The molecule has 0 spiro atoms. The Bertz CT molecular complexity index is 187. The molecule has 0 atom stereocenters. The van der Waals surface area contributed by atoms with Gasteiger partial charge in [0, 0.05) is 19.5 Å². The van der Waals surface area contributed by atoms with E-state index in [2.05, 4.69) is 0 Å². The maximum atomic E-state index is 11.4. The molecule has 0 saturated carbocycles. The van der Waals surface area contributed by atoms with Gasteiger partial charge in [-0.2, -0.15) is 0 Å². The second-order valence-corrected chi connectivity index (χ2v) is 3.00. The zero-order valence-corrected chi connectivity index (χ0v) is 8.40. The Labute approximate surface area is 83.3 Å². The predicted molar refractivity (Wildman–Crippen MR) is 50.8 cm³/mol. The van der Waals surface area contributed by atoms with Crippen LogP contribution in [0.2, 0.25) is 0 Å². The van der Waals surface area contributed by atoms with Crippen LogP contribution in [-0.4, -0.2) is 46.7 Å². The summed E-state index contributed by atoms with van der Waals surface area (Å²) in [4.78, 5) is 23.1. The van der Waals surface area contributed by atoms with Gasteiger partial charge in [-0.3, -0.25) is 9.59 Å². The van der Waals surface area contributed by atoms with E-state index in [-0.39, 0.29) is 31.9 Å². The number of aliphatic hydroxyl groups excluding tert-OH is 1. The molecule has 0 unspecified atom stereocenters. The van der Waals surface area contributed by atoms with Crippen molar-refractivity contribution in [3.05, 3.63) is 0 Å². The van der Waals surface area contributed by atoms with Crippen LogP contribution < -0.4 is 0 Å². The van der Waals surface area contributed by atoms with E-state index in [1.807, 2.05) is 6.92 Å². The van der Waals surface area contributed by atoms with Gasteiger partial charge in [-0.1, -0.05) is 6.92 Å². The molecule has 0 aliphatic carbocycles. The number of aliphatic carboxylic acids is 1. The van der Waals surface area contributed by atoms with E-state index in [0.717, 1.165) is 6.42 Å². The Kier molecular flexibility index (Phi) is 6.74. The fourth-order valence-corrected chi connectivity index (χ4v) is 1.12. The molecule has 0 bridgehead atoms. The van der Waals surface area contributed by atoms with Crippen LogP contribution in [0, 0.1) is 0 Å². The molecule has 14 heavy (non-hydrogen) atoms. The van der Waals surface area contributed by atoms with Crippen LogP contribution >= 0.6 is 0 Å². The number of nitrogens with zero attached hydrogens (tertiary/aromatic N) is 1. The van der Waals surface area contributed by atoms with Crippen LogP contribution in [0.3, 0.4) is 0 Å².